The predicted molar refractivity (Wildman–Crippen MR) is 108 cm³/mol. The molecule has 2 aromatic carbocycles. The number of aromatic nitrogens is 1. The summed E-state index contributed by atoms with van der Waals surface area (Å²) in [4.78, 5) is 21.2. The molecule has 1 aromatic heterocycles. The lowest BCUT2D eigenvalue weighted by atomic mass is 10.00. The molecule has 5 heteroatoms. The van der Waals surface area contributed by atoms with Crippen molar-refractivity contribution in [3.63, 3.8) is 0 Å². The number of β-amino-alcohol motifs (C(OH)–C–C–N with tert-alkyl or cyclic N) is 1. The lowest BCUT2D eigenvalue weighted by molar-refractivity contribution is 0.0767. The minimum atomic E-state index is -0.423. The Labute approximate surface area is 158 Å². The standard InChI is InChI=1S/C22H23N3O2/c1-24(2)17-6-3-15(4-7-17)16-5-8-21-20(13-16)19(9-11-23-21)22(27)25-12-10-18(26)14-25/h3-9,11,13,18,26H,10,12,14H2,1-2H3/t18-/m1/s1. The normalized spacial score (nSPS) is 16.7. The summed E-state index contributed by atoms with van der Waals surface area (Å²) in [6.07, 6.45) is 1.89. The van der Waals surface area contributed by atoms with Gasteiger partial charge in [-0.3, -0.25) is 9.78 Å². The summed E-state index contributed by atoms with van der Waals surface area (Å²) in [5.74, 6) is -0.0425. The third-order valence-electron chi connectivity index (χ3n) is 5.14. The van der Waals surface area contributed by atoms with Crippen molar-refractivity contribution in [2.45, 2.75) is 12.5 Å². The highest BCUT2D eigenvalue weighted by molar-refractivity contribution is 6.07. The number of carbonyl (C=O) groups is 1. The van der Waals surface area contributed by atoms with Crippen LogP contribution in [0.2, 0.25) is 0 Å². The van der Waals surface area contributed by atoms with Crippen molar-refractivity contribution in [1.29, 1.82) is 0 Å². The maximum Gasteiger partial charge on any atom is 0.254 e. The van der Waals surface area contributed by atoms with E-state index in [0.717, 1.165) is 27.7 Å². The van der Waals surface area contributed by atoms with Crippen molar-refractivity contribution < 1.29 is 9.90 Å². The van der Waals surface area contributed by atoms with E-state index in [2.05, 4.69) is 34.1 Å². The van der Waals surface area contributed by atoms with Crippen LogP contribution in [0, 0.1) is 0 Å². The molecule has 1 aliphatic heterocycles. The highest BCUT2D eigenvalue weighted by Crippen LogP contribution is 2.28. The number of carbonyl (C=O) groups excluding carboxylic acids is 1. The Morgan fingerprint density at radius 2 is 1.85 bits per heavy atom. The van der Waals surface area contributed by atoms with Crippen LogP contribution < -0.4 is 4.90 Å². The van der Waals surface area contributed by atoms with E-state index in [4.69, 9.17) is 0 Å². The van der Waals surface area contributed by atoms with E-state index >= 15 is 0 Å². The first-order valence-corrected chi connectivity index (χ1v) is 9.17. The van der Waals surface area contributed by atoms with Crippen LogP contribution in [0.1, 0.15) is 16.8 Å². The van der Waals surface area contributed by atoms with E-state index in [1.54, 1.807) is 17.2 Å². The van der Waals surface area contributed by atoms with Crippen LogP contribution in [0.3, 0.4) is 0 Å². The van der Waals surface area contributed by atoms with Crippen molar-refractivity contribution in [1.82, 2.24) is 9.88 Å². The van der Waals surface area contributed by atoms with E-state index in [0.29, 0.717) is 25.1 Å². The topological polar surface area (TPSA) is 56.7 Å². The van der Waals surface area contributed by atoms with Crippen molar-refractivity contribution in [2.24, 2.45) is 0 Å². The molecule has 138 valence electrons. The van der Waals surface area contributed by atoms with Crippen LogP contribution in [0.15, 0.2) is 54.7 Å². The average molecular weight is 361 g/mol. The van der Waals surface area contributed by atoms with Gasteiger partial charge in [-0.05, 0) is 47.9 Å². The van der Waals surface area contributed by atoms with E-state index in [1.165, 1.54) is 0 Å². The number of pyridine rings is 1. The zero-order chi connectivity index (χ0) is 19.0. The van der Waals surface area contributed by atoms with Gasteiger partial charge in [0.25, 0.3) is 5.91 Å². The fraction of sp³-hybridized carbons (Fsp3) is 0.273. The summed E-state index contributed by atoms with van der Waals surface area (Å²) >= 11 is 0. The minimum Gasteiger partial charge on any atom is -0.391 e. The van der Waals surface area contributed by atoms with Crippen molar-refractivity contribution in [3.8, 4) is 11.1 Å². The van der Waals surface area contributed by atoms with Gasteiger partial charge in [-0.25, -0.2) is 0 Å². The SMILES string of the molecule is CN(C)c1ccc(-c2ccc3nccc(C(=O)N4CC[C@@H](O)C4)c3c2)cc1. The highest BCUT2D eigenvalue weighted by atomic mass is 16.3. The van der Waals surface area contributed by atoms with Crippen molar-refractivity contribution in [2.75, 3.05) is 32.1 Å². The smallest absolute Gasteiger partial charge is 0.254 e. The number of rotatable bonds is 3. The Kier molecular flexibility index (Phi) is 4.54. The molecule has 0 unspecified atom stereocenters. The van der Waals surface area contributed by atoms with Crippen LogP contribution in [0.5, 0.6) is 0 Å². The quantitative estimate of drug-likeness (QED) is 0.778. The number of fused-ring (bicyclic) bond motifs is 1. The third kappa shape index (κ3) is 3.38. The van der Waals surface area contributed by atoms with Crippen molar-refractivity contribution in [3.05, 3.63) is 60.3 Å². The van der Waals surface area contributed by atoms with Gasteiger partial charge >= 0.3 is 0 Å². The maximum absolute atomic E-state index is 13.0. The predicted octanol–water partition coefficient (Wildman–Crippen LogP) is 3.17. The summed E-state index contributed by atoms with van der Waals surface area (Å²) in [5, 5.41) is 10.6. The summed E-state index contributed by atoms with van der Waals surface area (Å²) in [7, 11) is 4.04. The molecule has 1 saturated heterocycles. The minimum absolute atomic E-state index is 0.0425. The molecule has 5 nitrogen and oxygen atoms in total. The Bertz CT molecular complexity index is 983. The van der Waals surface area contributed by atoms with Gasteiger partial charge in [0, 0.05) is 44.5 Å². The summed E-state index contributed by atoms with van der Waals surface area (Å²) < 4.78 is 0. The zero-order valence-electron chi connectivity index (χ0n) is 15.6. The van der Waals surface area contributed by atoms with Crippen LogP contribution >= 0.6 is 0 Å². The molecule has 27 heavy (non-hydrogen) atoms. The number of nitrogens with zero attached hydrogens (tertiary/aromatic N) is 3. The third-order valence-corrected chi connectivity index (χ3v) is 5.14. The molecule has 2 heterocycles. The number of likely N-dealkylation sites (tertiary alicyclic amines) is 1. The van der Waals surface area contributed by atoms with Crippen LogP contribution in [-0.2, 0) is 0 Å². The van der Waals surface area contributed by atoms with Crippen LogP contribution in [0.4, 0.5) is 5.69 Å². The second-order valence-electron chi connectivity index (χ2n) is 7.23. The van der Waals surface area contributed by atoms with Gasteiger partial charge < -0.3 is 14.9 Å². The van der Waals surface area contributed by atoms with Crippen LogP contribution in [0.25, 0.3) is 22.0 Å². The number of aliphatic hydroxyl groups is 1. The Morgan fingerprint density at radius 3 is 2.52 bits per heavy atom. The van der Waals surface area contributed by atoms with Gasteiger partial charge in [0.15, 0.2) is 0 Å². The first kappa shape index (κ1) is 17.5. The first-order valence-electron chi connectivity index (χ1n) is 9.17. The maximum atomic E-state index is 13.0. The number of anilines is 1. The van der Waals surface area contributed by atoms with E-state index < -0.39 is 6.10 Å². The molecule has 1 atom stereocenters. The molecule has 1 N–H and O–H groups in total. The number of benzene rings is 2. The number of aliphatic hydroxyl groups excluding tert-OH is 1. The first-order chi connectivity index (χ1) is 13.0. The summed E-state index contributed by atoms with van der Waals surface area (Å²) in [6.45, 7) is 0.990. The molecular weight excluding hydrogens is 338 g/mol. The molecule has 0 spiro atoms. The highest BCUT2D eigenvalue weighted by Gasteiger charge is 2.26. The van der Waals surface area contributed by atoms with E-state index in [1.807, 2.05) is 32.3 Å². The molecule has 3 aromatic rings. The molecule has 1 amide bonds. The molecule has 0 aliphatic carbocycles. The molecule has 1 aliphatic rings. The fourth-order valence-corrected chi connectivity index (χ4v) is 3.56. The molecule has 4 rings (SSSR count). The molecule has 1 fully saturated rings. The monoisotopic (exact) mass is 361 g/mol. The van der Waals surface area contributed by atoms with Crippen LogP contribution in [-0.4, -0.2) is 54.2 Å². The largest absolute Gasteiger partial charge is 0.391 e. The second kappa shape index (κ2) is 7.00. The molecule has 0 radical (unpaired) electrons. The zero-order valence-corrected chi connectivity index (χ0v) is 15.6. The van der Waals surface area contributed by atoms with Gasteiger partial charge in [0.1, 0.15) is 0 Å². The molecule has 0 saturated carbocycles. The van der Waals surface area contributed by atoms with Gasteiger partial charge in [0.05, 0.1) is 17.2 Å². The van der Waals surface area contributed by atoms with Gasteiger partial charge in [0.2, 0.25) is 0 Å². The number of hydrogen-bond acceptors (Lipinski definition) is 4. The summed E-state index contributed by atoms with van der Waals surface area (Å²) in [6, 6.07) is 16.1. The second-order valence-corrected chi connectivity index (χ2v) is 7.23. The Balaban J connectivity index is 1.74. The lowest BCUT2D eigenvalue weighted by Crippen LogP contribution is -2.29. The van der Waals surface area contributed by atoms with Crippen molar-refractivity contribution >= 4 is 22.5 Å². The van der Waals surface area contributed by atoms with Gasteiger partial charge in [-0.2, -0.15) is 0 Å². The molecule has 0 bridgehead atoms. The van der Waals surface area contributed by atoms with E-state index in [-0.39, 0.29) is 5.91 Å². The Hall–Kier alpha value is -2.92. The summed E-state index contributed by atoms with van der Waals surface area (Å²) in [5.41, 5.74) is 4.73. The number of amides is 1. The molecular formula is C22H23N3O2. The van der Waals surface area contributed by atoms with Gasteiger partial charge in [-0.1, -0.05) is 18.2 Å². The Morgan fingerprint density at radius 1 is 1.11 bits per heavy atom. The number of hydrogen-bond donors (Lipinski definition) is 1. The average Bonchev–Trinajstić information content (AvgIpc) is 3.13. The van der Waals surface area contributed by atoms with Gasteiger partial charge in [-0.15, -0.1) is 0 Å². The lowest BCUT2D eigenvalue weighted by Gasteiger charge is -2.17. The van der Waals surface area contributed by atoms with E-state index in [9.17, 15) is 9.90 Å². The fourth-order valence-electron chi connectivity index (χ4n) is 3.56.